The zero-order valence-corrected chi connectivity index (χ0v) is 20.6. The van der Waals surface area contributed by atoms with Crippen LogP contribution in [0.5, 0.6) is 5.75 Å². The van der Waals surface area contributed by atoms with E-state index in [9.17, 15) is 4.79 Å². The third-order valence-electron chi connectivity index (χ3n) is 5.51. The van der Waals surface area contributed by atoms with Crippen molar-refractivity contribution in [3.05, 3.63) is 11.3 Å². The third-order valence-corrected chi connectivity index (χ3v) is 5.79. The molecule has 0 bridgehead atoms. The van der Waals surface area contributed by atoms with Crippen LogP contribution in [0.4, 0.5) is 10.6 Å². The summed E-state index contributed by atoms with van der Waals surface area (Å²) in [5, 5.41) is 7.82. The maximum Gasteiger partial charge on any atom is 0.410 e. The van der Waals surface area contributed by atoms with Crippen LogP contribution in [0.25, 0.3) is 22.6 Å². The number of aromatic nitrogens is 5. The summed E-state index contributed by atoms with van der Waals surface area (Å²) in [4.78, 5) is 23.1. The molecule has 2 N–H and O–H groups in total. The molecule has 0 saturated carbocycles. The van der Waals surface area contributed by atoms with Crippen molar-refractivity contribution in [1.29, 1.82) is 0 Å². The van der Waals surface area contributed by atoms with Crippen molar-refractivity contribution < 1.29 is 18.9 Å². The fraction of sp³-hybridized carbons (Fsp3) is 0.591. The number of fused-ring (bicyclic) bond motifs is 1. The van der Waals surface area contributed by atoms with Crippen LogP contribution in [-0.4, -0.2) is 61.1 Å². The van der Waals surface area contributed by atoms with E-state index in [0.717, 1.165) is 19.3 Å². The Hall–Kier alpha value is -3.08. The van der Waals surface area contributed by atoms with Crippen LogP contribution in [0, 0.1) is 5.92 Å². The molecule has 1 aliphatic heterocycles. The molecule has 11 nitrogen and oxygen atoms in total. The summed E-state index contributed by atoms with van der Waals surface area (Å²) >= 11 is 6.38. The fourth-order valence-electron chi connectivity index (χ4n) is 4.06. The Morgan fingerprint density at radius 1 is 1.35 bits per heavy atom. The Balaban J connectivity index is 1.58. The first-order valence-electron chi connectivity index (χ1n) is 11.4. The second-order valence-electron chi connectivity index (χ2n) is 9.44. The highest BCUT2D eigenvalue weighted by Crippen LogP contribution is 2.35. The molecule has 4 heterocycles. The average Bonchev–Trinajstić information content (AvgIpc) is 3.37. The molecule has 3 aromatic heterocycles. The molecule has 1 aliphatic rings. The Kier molecular flexibility index (Phi) is 6.83. The molecule has 1 saturated heterocycles. The van der Waals surface area contributed by atoms with Crippen molar-refractivity contribution in [3.8, 4) is 17.3 Å². The number of nitrogens with two attached hydrogens (primary N) is 1. The molecular formula is C22H30ClN7O4. The van der Waals surface area contributed by atoms with E-state index >= 15 is 0 Å². The zero-order valence-electron chi connectivity index (χ0n) is 19.9. The number of pyridine rings is 1. The highest BCUT2D eigenvalue weighted by molar-refractivity contribution is 6.34. The van der Waals surface area contributed by atoms with Crippen LogP contribution in [-0.2, 0) is 11.3 Å². The SMILES string of the molecule is CCCn1c(-c2nonc2N)nc2c(Cl)ncc(OCC3CCCN(C(=O)OC(C)(C)C)C3)c21. The lowest BCUT2D eigenvalue weighted by Crippen LogP contribution is -2.44. The number of ether oxygens (including phenoxy) is 2. The van der Waals surface area contributed by atoms with Gasteiger partial charge in [0.05, 0.1) is 12.8 Å². The van der Waals surface area contributed by atoms with Crippen molar-refractivity contribution >= 4 is 34.5 Å². The summed E-state index contributed by atoms with van der Waals surface area (Å²) in [7, 11) is 0. The molecule has 1 atom stereocenters. The summed E-state index contributed by atoms with van der Waals surface area (Å²) in [6, 6.07) is 0. The van der Waals surface area contributed by atoms with E-state index in [-0.39, 0.29) is 23.0 Å². The Morgan fingerprint density at radius 3 is 2.82 bits per heavy atom. The van der Waals surface area contributed by atoms with Crippen LogP contribution < -0.4 is 10.5 Å². The van der Waals surface area contributed by atoms with E-state index < -0.39 is 5.60 Å². The lowest BCUT2D eigenvalue weighted by Gasteiger charge is -2.34. The van der Waals surface area contributed by atoms with Gasteiger partial charge in [-0.1, -0.05) is 18.5 Å². The number of likely N-dealkylation sites (tertiary alicyclic amines) is 1. The van der Waals surface area contributed by atoms with Crippen molar-refractivity contribution in [2.45, 2.75) is 59.1 Å². The smallest absolute Gasteiger partial charge is 0.410 e. The number of amides is 1. The number of imidazole rings is 1. The maximum atomic E-state index is 12.5. The number of carbonyl (C=O) groups is 1. The van der Waals surface area contributed by atoms with Crippen LogP contribution in [0.2, 0.25) is 5.15 Å². The number of rotatable bonds is 6. The van der Waals surface area contributed by atoms with E-state index in [1.807, 2.05) is 25.3 Å². The van der Waals surface area contributed by atoms with E-state index in [1.165, 1.54) is 0 Å². The van der Waals surface area contributed by atoms with Gasteiger partial charge in [0.2, 0.25) is 0 Å². The topological polar surface area (TPSA) is 134 Å². The minimum atomic E-state index is -0.529. The Morgan fingerprint density at radius 2 is 2.15 bits per heavy atom. The summed E-state index contributed by atoms with van der Waals surface area (Å²) in [5.74, 6) is 1.34. The number of hydrogen-bond donors (Lipinski definition) is 1. The van der Waals surface area contributed by atoms with Gasteiger partial charge in [0.1, 0.15) is 16.6 Å². The van der Waals surface area contributed by atoms with E-state index in [0.29, 0.717) is 54.5 Å². The van der Waals surface area contributed by atoms with Crippen LogP contribution in [0.15, 0.2) is 10.8 Å². The van der Waals surface area contributed by atoms with Crippen molar-refractivity contribution in [3.63, 3.8) is 0 Å². The minimum Gasteiger partial charge on any atom is -0.489 e. The molecule has 0 aromatic carbocycles. The number of carbonyl (C=O) groups excluding carboxylic acids is 1. The number of halogens is 1. The van der Waals surface area contributed by atoms with Crippen molar-refractivity contribution in [1.82, 2.24) is 29.7 Å². The summed E-state index contributed by atoms with van der Waals surface area (Å²) in [6.07, 6.45) is 3.97. The van der Waals surface area contributed by atoms with Gasteiger partial charge in [0.25, 0.3) is 0 Å². The Bertz CT molecular complexity index is 1170. The Labute approximate surface area is 202 Å². The minimum absolute atomic E-state index is 0.142. The fourth-order valence-corrected chi connectivity index (χ4v) is 4.24. The van der Waals surface area contributed by atoms with E-state index in [2.05, 4.69) is 27.2 Å². The van der Waals surface area contributed by atoms with Crippen LogP contribution in [0.1, 0.15) is 47.0 Å². The average molecular weight is 492 g/mol. The van der Waals surface area contributed by atoms with Gasteiger partial charge in [-0.2, -0.15) is 0 Å². The number of aryl methyl sites for hydroxylation is 1. The molecule has 0 spiro atoms. The van der Waals surface area contributed by atoms with Gasteiger partial charge in [-0.05, 0) is 50.3 Å². The van der Waals surface area contributed by atoms with Crippen molar-refractivity contribution in [2.75, 3.05) is 25.4 Å². The second-order valence-corrected chi connectivity index (χ2v) is 9.80. The molecule has 0 radical (unpaired) electrons. The molecule has 0 aliphatic carbocycles. The first-order valence-corrected chi connectivity index (χ1v) is 11.8. The van der Waals surface area contributed by atoms with E-state index in [4.69, 9.17) is 31.4 Å². The van der Waals surface area contributed by atoms with Gasteiger partial charge < -0.3 is 24.7 Å². The maximum absolute atomic E-state index is 12.5. The molecule has 3 aromatic rings. The first-order chi connectivity index (χ1) is 16.2. The number of piperidine rings is 1. The first kappa shape index (κ1) is 24.1. The predicted octanol–water partition coefficient (Wildman–Crippen LogP) is 4.15. The molecule has 1 unspecified atom stereocenters. The van der Waals surface area contributed by atoms with Gasteiger partial charge in [0, 0.05) is 25.6 Å². The molecule has 184 valence electrons. The largest absolute Gasteiger partial charge is 0.489 e. The van der Waals surface area contributed by atoms with Crippen LogP contribution in [0.3, 0.4) is 0 Å². The van der Waals surface area contributed by atoms with Gasteiger partial charge >= 0.3 is 6.09 Å². The monoisotopic (exact) mass is 491 g/mol. The number of hydrogen-bond acceptors (Lipinski definition) is 9. The molecule has 12 heteroatoms. The summed E-state index contributed by atoms with van der Waals surface area (Å²) in [5.41, 5.74) is 6.93. The lowest BCUT2D eigenvalue weighted by atomic mass is 9.99. The molecular weight excluding hydrogens is 462 g/mol. The third kappa shape index (κ3) is 5.03. The summed E-state index contributed by atoms with van der Waals surface area (Å²) in [6.45, 7) is 9.94. The van der Waals surface area contributed by atoms with Gasteiger partial charge in [-0.25, -0.2) is 19.4 Å². The van der Waals surface area contributed by atoms with Gasteiger partial charge in [-0.15, -0.1) is 0 Å². The molecule has 4 rings (SSSR count). The quantitative estimate of drug-likeness (QED) is 0.504. The zero-order chi connectivity index (χ0) is 24.5. The number of anilines is 1. The molecule has 1 amide bonds. The second kappa shape index (κ2) is 9.65. The predicted molar refractivity (Wildman–Crippen MR) is 127 cm³/mol. The van der Waals surface area contributed by atoms with Crippen LogP contribution >= 0.6 is 11.6 Å². The molecule has 1 fully saturated rings. The molecule has 34 heavy (non-hydrogen) atoms. The van der Waals surface area contributed by atoms with Crippen molar-refractivity contribution in [2.24, 2.45) is 5.92 Å². The highest BCUT2D eigenvalue weighted by atomic mass is 35.5. The highest BCUT2D eigenvalue weighted by Gasteiger charge is 2.29. The van der Waals surface area contributed by atoms with Gasteiger partial charge in [0.15, 0.2) is 28.2 Å². The summed E-state index contributed by atoms with van der Waals surface area (Å²) < 4.78 is 18.5. The van der Waals surface area contributed by atoms with Gasteiger partial charge in [-0.3, -0.25) is 0 Å². The number of nitrogen functional groups attached to an aromatic ring is 1. The standard InChI is InChI=1S/C22H30ClN7O4/c1-5-8-30-17-14(10-25-18(23)15(17)26-20(30)16-19(24)28-34-27-16)32-12-13-7-6-9-29(11-13)21(31)33-22(2,3)4/h10,13H,5-9,11-12H2,1-4H3,(H2,24,28). The van der Waals surface area contributed by atoms with E-state index in [1.54, 1.807) is 11.1 Å². The lowest BCUT2D eigenvalue weighted by molar-refractivity contribution is 0.0139. The number of nitrogens with zero attached hydrogens (tertiary/aromatic N) is 6. The normalized spacial score (nSPS) is 16.7.